The predicted molar refractivity (Wildman–Crippen MR) is 84.2 cm³/mol. The molecule has 0 unspecified atom stereocenters. The normalized spacial score (nSPS) is 15.6. The molecule has 0 saturated heterocycles. The van der Waals surface area contributed by atoms with Gasteiger partial charge in [-0.25, -0.2) is 0 Å². The summed E-state index contributed by atoms with van der Waals surface area (Å²) in [5.41, 5.74) is 4.61. The summed E-state index contributed by atoms with van der Waals surface area (Å²) in [5.74, 6) is 0.717. The van der Waals surface area contributed by atoms with E-state index in [4.69, 9.17) is 0 Å². The molecule has 106 valence electrons. The molecule has 0 aliphatic heterocycles. The molecule has 0 aromatic heterocycles. The van der Waals surface area contributed by atoms with Crippen LogP contribution in [-0.2, 0) is 6.61 Å². The van der Waals surface area contributed by atoms with Crippen molar-refractivity contribution in [3.63, 3.8) is 0 Å². The van der Waals surface area contributed by atoms with Crippen molar-refractivity contribution in [3.05, 3.63) is 41.5 Å². The average molecular weight is 260 g/mol. The van der Waals surface area contributed by atoms with Gasteiger partial charge in [-0.1, -0.05) is 63.5 Å². The van der Waals surface area contributed by atoms with E-state index >= 15 is 0 Å². The van der Waals surface area contributed by atoms with Gasteiger partial charge in [0.1, 0.15) is 0 Å². The molecule has 1 aromatic rings. The van der Waals surface area contributed by atoms with Crippen molar-refractivity contribution in [3.8, 4) is 0 Å². The molecule has 0 bridgehead atoms. The molecule has 19 heavy (non-hydrogen) atoms. The van der Waals surface area contributed by atoms with E-state index in [0.29, 0.717) is 0 Å². The Kier molecular flexibility index (Phi) is 6.86. The second-order valence-electron chi connectivity index (χ2n) is 5.19. The van der Waals surface area contributed by atoms with Gasteiger partial charge in [-0.2, -0.15) is 0 Å². The van der Waals surface area contributed by atoms with Crippen LogP contribution in [0.5, 0.6) is 0 Å². The number of hydrogen-bond donors (Lipinski definition) is 1. The maximum atomic E-state index is 9.33. The van der Waals surface area contributed by atoms with E-state index < -0.39 is 0 Å². The topological polar surface area (TPSA) is 20.2 Å². The van der Waals surface area contributed by atoms with Gasteiger partial charge in [0.05, 0.1) is 6.61 Å². The van der Waals surface area contributed by atoms with Crippen LogP contribution in [0.15, 0.2) is 24.8 Å². The highest BCUT2D eigenvalue weighted by atomic mass is 16.3. The summed E-state index contributed by atoms with van der Waals surface area (Å²) in [6.45, 7) is 10.1. The molecule has 1 heteroatoms. The van der Waals surface area contributed by atoms with Crippen LogP contribution in [0.25, 0.3) is 5.57 Å². The van der Waals surface area contributed by atoms with Crippen molar-refractivity contribution in [1.29, 1.82) is 0 Å². The van der Waals surface area contributed by atoms with E-state index in [1.165, 1.54) is 37.7 Å². The van der Waals surface area contributed by atoms with Crippen LogP contribution in [0, 0.1) is 0 Å². The molecular formula is C18H28O. The molecule has 0 heterocycles. The lowest BCUT2D eigenvalue weighted by Crippen LogP contribution is -2.05. The monoisotopic (exact) mass is 260 g/mol. The Morgan fingerprint density at radius 1 is 1.21 bits per heavy atom. The SMILES string of the molecule is C=C(C)c1cc(C2CCCCC2)ccc1CO.CC. The highest BCUT2D eigenvalue weighted by Crippen LogP contribution is 2.34. The van der Waals surface area contributed by atoms with Crippen molar-refractivity contribution in [2.75, 3.05) is 0 Å². The van der Waals surface area contributed by atoms with Gasteiger partial charge in [-0.05, 0) is 42.4 Å². The number of hydrogen-bond acceptors (Lipinski definition) is 1. The number of aliphatic hydroxyl groups excluding tert-OH is 1. The zero-order chi connectivity index (χ0) is 14.3. The summed E-state index contributed by atoms with van der Waals surface area (Å²) in [5, 5.41) is 9.33. The van der Waals surface area contributed by atoms with Crippen molar-refractivity contribution < 1.29 is 5.11 Å². The number of allylic oxidation sites excluding steroid dienone is 1. The average Bonchev–Trinajstić information content (AvgIpc) is 2.49. The Labute approximate surface area is 118 Å². The lowest BCUT2D eigenvalue weighted by molar-refractivity contribution is 0.281. The van der Waals surface area contributed by atoms with Crippen LogP contribution in [-0.4, -0.2) is 5.11 Å². The summed E-state index contributed by atoms with van der Waals surface area (Å²) in [6.07, 6.45) is 6.73. The highest BCUT2D eigenvalue weighted by molar-refractivity contribution is 5.65. The van der Waals surface area contributed by atoms with Crippen LogP contribution in [0.4, 0.5) is 0 Å². The van der Waals surface area contributed by atoms with E-state index in [2.05, 4.69) is 24.8 Å². The van der Waals surface area contributed by atoms with Gasteiger partial charge in [0.25, 0.3) is 0 Å². The van der Waals surface area contributed by atoms with Crippen LogP contribution in [0.3, 0.4) is 0 Å². The third-order valence-electron chi connectivity index (χ3n) is 3.84. The zero-order valence-electron chi connectivity index (χ0n) is 12.7. The first-order chi connectivity index (χ1) is 9.22. The van der Waals surface area contributed by atoms with E-state index in [9.17, 15) is 5.11 Å². The molecule has 1 fully saturated rings. The molecule has 1 saturated carbocycles. The molecule has 1 aromatic carbocycles. The van der Waals surface area contributed by atoms with Crippen LogP contribution >= 0.6 is 0 Å². The first kappa shape index (κ1) is 16.0. The molecule has 1 nitrogen and oxygen atoms in total. The Hall–Kier alpha value is -1.08. The van der Waals surface area contributed by atoms with E-state index in [0.717, 1.165) is 22.6 Å². The fourth-order valence-electron chi connectivity index (χ4n) is 2.82. The predicted octanol–water partition coefficient (Wildman–Crippen LogP) is 5.29. The number of rotatable bonds is 3. The third kappa shape index (κ3) is 4.21. The highest BCUT2D eigenvalue weighted by Gasteiger charge is 2.16. The summed E-state index contributed by atoms with van der Waals surface area (Å²) in [6, 6.07) is 6.49. The van der Waals surface area contributed by atoms with Crippen molar-refractivity contribution >= 4 is 5.57 Å². The number of aliphatic hydroxyl groups is 1. The molecular weight excluding hydrogens is 232 g/mol. The minimum absolute atomic E-state index is 0.104. The molecule has 0 spiro atoms. The van der Waals surface area contributed by atoms with Gasteiger partial charge < -0.3 is 5.11 Å². The fraction of sp³-hybridized carbons (Fsp3) is 0.556. The zero-order valence-corrected chi connectivity index (χ0v) is 12.7. The maximum absolute atomic E-state index is 9.33. The van der Waals surface area contributed by atoms with Crippen LogP contribution in [0.2, 0.25) is 0 Å². The number of benzene rings is 1. The molecule has 0 amide bonds. The summed E-state index contributed by atoms with van der Waals surface area (Å²) >= 11 is 0. The Morgan fingerprint density at radius 3 is 2.37 bits per heavy atom. The molecule has 0 atom stereocenters. The Morgan fingerprint density at radius 2 is 1.84 bits per heavy atom. The van der Waals surface area contributed by atoms with Crippen molar-refractivity contribution in [1.82, 2.24) is 0 Å². The first-order valence-electron chi connectivity index (χ1n) is 7.62. The van der Waals surface area contributed by atoms with Crippen LogP contribution < -0.4 is 0 Å². The van der Waals surface area contributed by atoms with Crippen LogP contribution in [0.1, 0.15) is 75.5 Å². The van der Waals surface area contributed by atoms with Gasteiger partial charge in [0, 0.05) is 0 Å². The van der Waals surface area contributed by atoms with E-state index in [1.807, 2.05) is 20.8 Å². The van der Waals surface area contributed by atoms with E-state index in [1.54, 1.807) is 0 Å². The minimum atomic E-state index is 0.104. The largest absolute Gasteiger partial charge is 0.392 e. The molecule has 0 radical (unpaired) electrons. The summed E-state index contributed by atoms with van der Waals surface area (Å²) in [4.78, 5) is 0. The van der Waals surface area contributed by atoms with Gasteiger partial charge in [-0.3, -0.25) is 0 Å². The standard InChI is InChI=1S/C16H22O.C2H6/c1-12(2)16-10-14(8-9-15(16)11-17)13-6-4-3-5-7-13;1-2/h8-10,13,17H,1,3-7,11H2,2H3;1-2H3. The van der Waals surface area contributed by atoms with E-state index in [-0.39, 0.29) is 6.61 Å². The lowest BCUT2D eigenvalue weighted by Gasteiger charge is -2.23. The van der Waals surface area contributed by atoms with Gasteiger partial charge in [-0.15, -0.1) is 0 Å². The molecule has 2 rings (SSSR count). The van der Waals surface area contributed by atoms with Crippen molar-refractivity contribution in [2.45, 2.75) is 65.4 Å². The molecule has 1 aliphatic carbocycles. The second-order valence-corrected chi connectivity index (χ2v) is 5.19. The smallest absolute Gasteiger partial charge is 0.0687 e. The first-order valence-corrected chi connectivity index (χ1v) is 7.62. The minimum Gasteiger partial charge on any atom is -0.392 e. The Bertz CT molecular complexity index is 400. The molecule has 1 N–H and O–H groups in total. The summed E-state index contributed by atoms with van der Waals surface area (Å²) < 4.78 is 0. The second kappa shape index (κ2) is 8.16. The van der Waals surface area contributed by atoms with Gasteiger partial charge in [0.2, 0.25) is 0 Å². The third-order valence-corrected chi connectivity index (χ3v) is 3.84. The summed E-state index contributed by atoms with van der Waals surface area (Å²) in [7, 11) is 0. The maximum Gasteiger partial charge on any atom is 0.0687 e. The quantitative estimate of drug-likeness (QED) is 0.783. The van der Waals surface area contributed by atoms with Gasteiger partial charge in [0.15, 0.2) is 0 Å². The molecule has 1 aliphatic rings. The lowest BCUT2D eigenvalue weighted by atomic mass is 9.82. The Balaban J connectivity index is 0.000000861. The fourth-order valence-corrected chi connectivity index (χ4v) is 2.82. The van der Waals surface area contributed by atoms with Crippen molar-refractivity contribution in [2.24, 2.45) is 0 Å². The van der Waals surface area contributed by atoms with Gasteiger partial charge >= 0.3 is 0 Å².